The van der Waals surface area contributed by atoms with Gasteiger partial charge in [0.2, 0.25) is 0 Å². The second kappa shape index (κ2) is 4.97. The standard InChI is InChI=1S/C18H11.Na/c1-2-6-14-10-18-12-16-8-4-3-7-15(16)11-17(18)9-13(14)5-1;/h1-7,9-12H;/q-1;+1. The molecule has 0 unspecified atom stereocenters. The Bertz CT molecular complexity index is 734. The van der Waals surface area contributed by atoms with E-state index in [2.05, 4.69) is 60.7 Å². The van der Waals surface area contributed by atoms with Crippen LogP contribution >= 0.6 is 0 Å². The van der Waals surface area contributed by atoms with E-state index in [1.54, 1.807) is 0 Å². The van der Waals surface area contributed by atoms with Gasteiger partial charge >= 0.3 is 29.6 Å². The first-order valence-electron chi connectivity index (χ1n) is 6.13. The van der Waals surface area contributed by atoms with Crippen LogP contribution in [0.3, 0.4) is 0 Å². The predicted octanol–water partition coefficient (Wildman–Crippen LogP) is 1.95. The van der Waals surface area contributed by atoms with Crippen molar-refractivity contribution >= 4 is 32.3 Å². The van der Waals surface area contributed by atoms with Gasteiger partial charge in [0.05, 0.1) is 0 Å². The molecular formula is C18H11Na. The van der Waals surface area contributed by atoms with Gasteiger partial charge in [-0.25, -0.2) is 0 Å². The summed E-state index contributed by atoms with van der Waals surface area (Å²) in [6, 6.07) is 26.9. The molecule has 0 atom stereocenters. The molecule has 0 nitrogen and oxygen atoms in total. The first kappa shape index (κ1) is 12.7. The molecule has 4 rings (SSSR count). The van der Waals surface area contributed by atoms with E-state index in [0.717, 1.165) is 0 Å². The Hall–Kier alpha value is -1.34. The minimum atomic E-state index is 0. The van der Waals surface area contributed by atoms with Crippen LogP contribution < -0.4 is 29.6 Å². The SMILES string of the molecule is [Na+].[c-]1cccc2cc3cc4ccccc4cc3cc12. The number of hydrogen-bond acceptors (Lipinski definition) is 0. The third-order valence-corrected chi connectivity index (χ3v) is 3.48. The maximum absolute atomic E-state index is 3.29. The summed E-state index contributed by atoms with van der Waals surface area (Å²) in [4.78, 5) is 0. The topological polar surface area (TPSA) is 0 Å². The molecule has 0 aromatic heterocycles. The number of hydrogen-bond donors (Lipinski definition) is 0. The van der Waals surface area contributed by atoms with E-state index in [1.807, 2.05) is 12.1 Å². The molecule has 0 aliphatic carbocycles. The maximum atomic E-state index is 3.29. The Kier molecular flexibility index (Phi) is 3.32. The van der Waals surface area contributed by atoms with Crippen molar-refractivity contribution in [3.05, 3.63) is 72.8 Å². The van der Waals surface area contributed by atoms with Crippen LogP contribution in [-0.4, -0.2) is 0 Å². The number of fused-ring (bicyclic) bond motifs is 3. The van der Waals surface area contributed by atoms with Crippen LogP contribution in [-0.2, 0) is 0 Å². The van der Waals surface area contributed by atoms with Gasteiger partial charge < -0.3 is 0 Å². The fourth-order valence-electron chi connectivity index (χ4n) is 2.56. The summed E-state index contributed by atoms with van der Waals surface area (Å²) in [5, 5.41) is 7.59. The Morgan fingerprint density at radius 1 is 0.579 bits per heavy atom. The number of rotatable bonds is 0. The van der Waals surface area contributed by atoms with Gasteiger partial charge in [-0.1, -0.05) is 41.8 Å². The van der Waals surface area contributed by atoms with E-state index in [0.29, 0.717) is 0 Å². The third-order valence-electron chi connectivity index (χ3n) is 3.48. The molecule has 84 valence electrons. The van der Waals surface area contributed by atoms with Gasteiger partial charge in [-0.2, -0.15) is 0 Å². The molecule has 0 fully saturated rings. The zero-order valence-corrected chi connectivity index (χ0v) is 12.9. The summed E-state index contributed by atoms with van der Waals surface area (Å²) in [5.74, 6) is 0. The molecule has 0 bridgehead atoms. The van der Waals surface area contributed by atoms with Crippen molar-refractivity contribution in [2.75, 3.05) is 0 Å². The summed E-state index contributed by atoms with van der Waals surface area (Å²) in [7, 11) is 0. The quantitative estimate of drug-likeness (QED) is 0.254. The van der Waals surface area contributed by atoms with E-state index in [4.69, 9.17) is 0 Å². The molecule has 19 heavy (non-hydrogen) atoms. The van der Waals surface area contributed by atoms with E-state index in [-0.39, 0.29) is 29.6 Å². The van der Waals surface area contributed by atoms with E-state index in [9.17, 15) is 0 Å². The molecule has 0 heterocycles. The zero-order chi connectivity index (χ0) is 11.9. The molecule has 0 radical (unpaired) electrons. The van der Waals surface area contributed by atoms with Gasteiger partial charge in [0.1, 0.15) is 0 Å². The fourth-order valence-corrected chi connectivity index (χ4v) is 2.56. The van der Waals surface area contributed by atoms with Crippen LogP contribution in [0.4, 0.5) is 0 Å². The minimum Gasteiger partial charge on any atom is -0.147 e. The van der Waals surface area contributed by atoms with Gasteiger partial charge in [0, 0.05) is 0 Å². The van der Waals surface area contributed by atoms with Crippen LogP contribution in [0.5, 0.6) is 0 Å². The van der Waals surface area contributed by atoms with E-state index in [1.165, 1.54) is 32.3 Å². The average molecular weight is 250 g/mol. The Labute approximate surface area is 134 Å². The molecule has 0 saturated carbocycles. The summed E-state index contributed by atoms with van der Waals surface area (Å²) in [5.41, 5.74) is 0. The Balaban J connectivity index is 0.00000110. The van der Waals surface area contributed by atoms with Gasteiger partial charge in [-0.15, -0.1) is 41.1 Å². The average Bonchev–Trinajstić information content (AvgIpc) is 2.42. The van der Waals surface area contributed by atoms with Crippen molar-refractivity contribution in [3.8, 4) is 0 Å². The van der Waals surface area contributed by atoms with Crippen molar-refractivity contribution < 1.29 is 29.6 Å². The van der Waals surface area contributed by atoms with Gasteiger partial charge in [0.25, 0.3) is 0 Å². The fraction of sp³-hybridized carbons (Fsp3) is 0. The van der Waals surface area contributed by atoms with Gasteiger partial charge in [0.15, 0.2) is 0 Å². The zero-order valence-electron chi connectivity index (χ0n) is 10.9. The van der Waals surface area contributed by atoms with Crippen molar-refractivity contribution in [1.82, 2.24) is 0 Å². The first-order chi connectivity index (χ1) is 8.90. The van der Waals surface area contributed by atoms with Crippen LogP contribution in [0, 0.1) is 6.07 Å². The number of benzene rings is 4. The molecular weight excluding hydrogens is 239 g/mol. The van der Waals surface area contributed by atoms with E-state index < -0.39 is 0 Å². The summed E-state index contributed by atoms with van der Waals surface area (Å²) in [6.45, 7) is 0. The smallest absolute Gasteiger partial charge is 0.147 e. The van der Waals surface area contributed by atoms with Gasteiger partial charge in [-0.3, -0.25) is 0 Å². The maximum Gasteiger partial charge on any atom is 1.00 e. The molecule has 0 spiro atoms. The van der Waals surface area contributed by atoms with Crippen molar-refractivity contribution in [2.24, 2.45) is 0 Å². The van der Waals surface area contributed by atoms with Crippen molar-refractivity contribution in [2.45, 2.75) is 0 Å². The first-order valence-corrected chi connectivity index (χ1v) is 6.13. The Morgan fingerprint density at radius 2 is 1.16 bits per heavy atom. The largest absolute Gasteiger partial charge is 1.00 e. The molecule has 0 aliphatic rings. The molecule has 0 saturated heterocycles. The molecule has 0 aliphatic heterocycles. The summed E-state index contributed by atoms with van der Waals surface area (Å²) >= 11 is 0. The molecule has 0 N–H and O–H groups in total. The third kappa shape index (κ3) is 2.17. The minimum absolute atomic E-state index is 0. The van der Waals surface area contributed by atoms with Crippen molar-refractivity contribution in [3.63, 3.8) is 0 Å². The van der Waals surface area contributed by atoms with Gasteiger partial charge in [-0.05, 0) is 22.2 Å². The summed E-state index contributed by atoms with van der Waals surface area (Å²) in [6.07, 6.45) is 0. The predicted molar refractivity (Wildman–Crippen MR) is 77.8 cm³/mol. The molecule has 4 aromatic carbocycles. The van der Waals surface area contributed by atoms with E-state index >= 15 is 0 Å². The van der Waals surface area contributed by atoms with Crippen LogP contribution in [0.2, 0.25) is 0 Å². The monoisotopic (exact) mass is 250 g/mol. The van der Waals surface area contributed by atoms with Crippen LogP contribution in [0.1, 0.15) is 0 Å². The molecule has 1 heteroatoms. The molecule has 4 aromatic rings. The second-order valence-electron chi connectivity index (χ2n) is 4.66. The van der Waals surface area contributed by atoms with Crippen molar-refractivity contribution in [1.29, 1.82) is 0 Å². The summed E-state index contributed by atoms with van der Waals surface area (Å²) < 4.78 is 0. The molecule has 0 amide bonds. The normalized spacial score (nSPS) is 10.7. The second-order valence-corrected chi connectivity index (χ2v) is 4.66. The Morgan fingerprint density at radius 3 is 1.89 bits per heavy atom. The van der Waals surface area contributed by atoms with Crippen LogP contribution in [0.25, 0.3) is 32.3 Å². The van der Waals surface area contributed by atoms with Crippen LogP contribution in [0.15, 0.2) is 66.7 Å².